The predicted molar refractivity (Wildman–Crippen MR) is 91.1 cm³/mol. The van der Waals surface area contributed by atoms with Crippen LogP contribution in [0.2, 0.25) is 0 Å². The summed E-state index contributed by atoms with van der Waals surface area (Å²) in [5.74, 6) is -0.585. The van der Waals surface area contributed by atoms with Crippen LogP contribution in [-0.2, 0) is 14.3 Å². The van der Waals surface area contributed by atoms with Gasteiger partial charge in [-0.25, -0.2) is 0 Å². The van der Waals surface area contributed by atoms with Crippen molar-refractivity contribution in [2.75, 3.05) is 44.7 Å². The topological polar surface area (TPSA) is 79.9 Å². The highest BCUT2D eigenvalue weighted by Gasteiger charge is 2.15. The standard InChI is InChI=1S/C17H25N3O4/c1-13(2)24-15-5-3-14(4-6-15)19-17(22)16(21)18-7-8-20-9-11-23-12-10-20/h3-6,13H,7-12H2,1-2H3,(H,18,21)(H,19,22). The van der Waals surface area contributed by atoms with Crippen molar-refractivity contribution in [1.82, 2.24) is 10.2 Å². The lowest BCUT2D eigenvalue weighted by Crippen LogP contribution is -2.43. The second kappa shape index (κ2) is 9.24. The molecule has 0 aliphatic carbocycles. The molecule has 1 aromatic carbocycles. The maximum atomic E-state index is 11.9. The van der Waals surface area contributed by atoms with Crippen LogP contribution in [0.15, 0.2) is 24.3 Å². The van der Waals surface area contributed by atoms with Crippen LogP contribution in [0, 0.1) is 0 Å². The minimum atomic E-state index is -0.672. The summed E-state index contributed by atoms with van der Waals surface area (Å²) in [6.45, 7) is 8.17. The molecule has 0 bridgehead atoms. The van der Waals surface area contributed by atoms with Crippen LogP contribution in [-0.4, -0.2) is 62.2 Å². The normalized spacial score (nSPS) is 15.1. The van der Waals surface area contributed by atoms with E-state index in [9.17, 15) is 9.59 Å². The number of benzene rings is 1. The quantitative estimate of drug-likeness (QED) is 0.754. The molecular formula is C17H25N3O4. The minimum absolute atomic E-state index is 0.0858. The second-order valence-electron chi connectivity index (χ2n) is 5.86. The third kappa shape index (κ3) is 6.17. The summed E-state index contributed by atoms with van der Waals surface area (Å²) < 4.78 is 10.8. The smallest absolute Gasteiger partial charge is 0.313 e. The van der Waals surface area contributed by atoms with Crippen molar-refractivity contribution < 1.29 is 19.1 Å². The Bertz CT molecular complexity index is 539. The van der Waals surface area contributed by atoms with Crippen molar-refractivity contribution in [3.63, 3.8) is 0 Å². The lowest BCUT2D eigenvalue weighted by atomic mass is 10.3. The average Bonchev–Trinajstić information content (AvgIpc) is 2.57. The first-order valence-corrected chi connectivity index (χ1v) is 8.20. The third-order valence-corrected chi connectivity index (χ3v) is 3.51. The van der Waals surface area contributed by atoms with E-state index in [1.807, 2.05) is 13.8 Å². The molecule has 1 aliphatic heterocycles. The minimum Gasteiger partial charge on any atom is -0.491 e. The van der Waals surface area contributed by atoms with E-state index in [1.54, 1.807) is 24.3 Å². The number of anilines is 1. The van der Waals surface area contributed by atoms with Crippen LogP contribution >= 0.6 is 0 Å². The molecule has 2 rings (SSSR count). The molecule has 1 aromatic rings. The highest BCUT2D eigenvalue weighted by molar-refractivity contribution is 6.39. The number of ether oxygens (including phenoxy) is 2. The molecule has 1 aliphatic rings. The van der Waals surface area contributed by atoms with Gasteiger partial charge in [-0.15, -0.1) is 0 Å². The summed E-state index contributed by atoms with van der Waals surface area (Å²) in [7, 11) is 0. The number of carbonyl (C=O) groups is 2. The van der Waals surface area contributed by atoms with Gasteiger partial charge in [0, 0.05) is 31.9 Å². The van der Waals surface area contributed by atoms with E-state index in [4.69, 9.17) is 9.47 Å². The fraction of sp³-hybridized carbons (Fsp3) is 0.529. The summed E-state index contributed by atoms with van der Waals surface area (Å²) in [4.78, 5) is 25.9. The molecule has 24 heavy (non-hydrogen) atoms. The molecule has 0 spiro atoms. The van der Waals surface area contributed by atoms with E-state index in [0.717, 1.165) is 18.8 Å². The van der Waals surface area contributed by atoms with Gasteiger partial charge in [-0.05, 0) is 38.1 Å². The summed E-state index contributed by atoms with van der Waals surface area (Å²) in [5, 5.41) is 5.20. The second-order valence-corrected chi connectivity index (χ2v) is 5.86. The Morgan fingerprint density at radius 2 is 1.83 bits per heavy atom. The summed E-state index contributed by atoms with van der Waals surface area (Å²) in [6, 6.07) is 6.92. The van der Waals surface area contributed by atoms with Gasteiger partial charge in [-0.3, -0.25) is 14.5 Å². The van der Waals surface area contributed by atoms with E-state index >= 15 is 0 Å². The van der Waals surface area contributed by atoms with Crippen LogP contribution in [0.25, 0.3) is 0 Å². The Kier molecular flexibility index (Phi) is 7.02. The van der Waals surface area contributed by atoms with E-state index in [2.05, 4.69) is 15.5 Å². The first-order chi connectivity index (χ1) is 11.5. The molecule has 132 valence electrons. The number of rotatable bonds is 6. The number of carbonyl (C=O) groups excluding carboxylic acids is 2. The molecule has 1 saturated heterocycles. The Labute approximate surface area is 142 Å². The first kappa shape index (κ1) is 18.2. The molecule has 7 nitrogen and oxygen atoms in total. The number of amides is 2. The lowest BCUT2D eigenvalue weighted by Gasteiger charge is -2.26. The van der Waals surface area contributed by atoms with E-state index in [0.29, 0.717) is 32.0 Å². The van der Waals surface area contributed by atoms with Crippen LogP contribution < -0.4 is 15.4 Å². The van der Waals surface area contributed by atoms with Gasteiger partial charge in [0.25, 0.3) is 0 Å². The Balaban J connectivity index is 1.71. The molecule has 0 radical (unpaired) electrons. The van der Waals surface area contributed by atoms with Gasteiger partial charge in [0.15, 0.2) is 0 Å². The lowest BCUT2D eigenvalue weighted by molar-refractivity contribution is -0.136. The molecule has 7 heteroatoms. The molecular weight excluding hydrogens is 310 g/mol. The molecule has 1 heterocycles. The van der Waals surface area contributed by atoms with Crippen molar-refractivity contribution in [3.05, 3.63) is 24.3 Å². The van der Waals surface area contributed by atoms with Crippen molar-refractivity contribution >= 4 is 17.5 Å². The Morgan fingerprint density at radius 1 is 1.17 bits per heavy atom. The zero-order chi connectivity index (χ0) is 17.4. The molecule has 1 fully saturated rings. The van der Waals surface area contributed by atoms with Crippen LogP contribution in [0.1, 0.15) is 13.8 Å². The maximum absolute atomic E-state index is 11.9. The largest absolute Gasteiger partial charge is 0.491 e. The number of hydrogen-bond donors (Lipinski definition) is 2. The molecule has 0 unspecified atom stereocenters. The van der Waals surface area contributed by atoms with Gasteiger partial charge in [0.1, 0.15) is 5.75 Å². The van der Waals surface area contributed by atoms with Gasteiger partial charge >= 0.3 is 11.8 Å². The zero-order valence-corrected chi connectivity index (χ0v) is 14.2. The SMILES string of the molecule is CC(C)Oc1ccc(NC(=O)C(=O)NCCN2CCOCC2)cc1. The van der Waals surface area contributed by atoms with Gasteiger partial charge < -0.3 is 20.1 Å². The van der Waals surface area contributed by atoms with Gasteiger partial charge in [-0.2, -0.15) is 0 Å². The Hall–Kier alpha value is -2.12. The third-order valence-electron chi connectivity index (χ3n) is 3.51. The number of nitrogens with one attached hydrogen (secondary N) is 2. The fourth-order valence-electron chi connectivity index (χ4n) is 2.31. The highest BCUT2D eigenvalue weighted by Crippen LogP contribution is 2.16. The summed E-state index contributed by atoms with van der Waals surface area (Å²) in [5.41, 5.74) is 0.555. The summed E-state index contributed by atoms with van der Waals surface area (Å²) in [6.07, 6.45) is 0.0858. The summed E-state index contributed by atoms with van der Waals surface area (Å²) >= 11 is 0. The predicted octanol–water partition coefficient (Wildman–Crippen LogP) is 0.861. The number of hydrogen-bond acceptors (Lipinski definition) is 5. The van der Waals surface area contributed by atoms with E-state index in [-0.39, 0.29) is 6.10 Å². The van der Waals surface area contributed by atoms with Gasteiger partial charge in [-0.1, -0.05) is 0 Å². The van der Waals surface area contributed by atoms with E-state index in [1.165, 1.54) is 0 Å². The van der Waals surface area contributed by atoms with Crippen molar-refractivity contribution in [1.29, 1.82) is 0 Å². The number of nitrogens with zero attached hydrogens (tertiary/aromatic N) is 1. The van der Waals surface area contributed by atoms with Crippen molar-refractivity contribution in [2.24, 2.45) is 0 Å². The molecule has 2 amide bonds. The maximum Gasteiger partial charge on any atom is 0.313 e. The molecule has 0 saturated carbocycles. The number of morpholine rings is 1. The van der Waals surface area contributed by atoms with Crippen LogP contribution in [0.3, 0.4) is 0 Å². The average molecular weight is 335 g/mol. The molecule has 0 aromatic heterocycles. The zero-order valence-electron chi connectivity index (χ0n) is 14.2. The monoisotopic (exact) mass is 335 g/mol. The van der Waals surface area contributed by atoms with Crippen molar-refractivity contribution in [2.45, 2.75) is 20.0 Å². The highest BCUT2D eigenvalue weighted by atomic mass is 16.5. The molecule has 2 N–H and O–H groups in total. The molecule has 0 atom stereocenters. The van der Waals surface area contributed by atoms with Crippen LogP contribution in [0.5, 0.6) is 5.75 Å². The fourth-order valence-corrected chi connectivity index (χ4v) is 2.31. The van der Waals surface area contributed by atoms with Gasteiger partial charge in [0.2, 0.25) is 0 Å². The Morgan fingerprint density at radius 3 is 2.46 bits per heavy atom. The van der Waals surface area contributed by atoms with Crippen molar-refractivity contribution in [3.8, 4) is 5.75 Å². The first-order valence-electron chi connectivity index (χ1n) is 8.20. The van der Waals surface area contributed by atoms with Crippen LogP contribution in [0.4, 0.5) is 5.69 Å². The van der Waals surface area contributed by atoms with Gasteiger partial charge in [0.05, 0.1) is 19.3 Å². The van der Waals surface area contributed by atoms with E-state index < -0.39 is 11.8 Å².